The number of hydrogen-bond acceptors (Lipinski definition) is 4. The van der Waals surface area contributed by atoms with Crippen LogP contribution >= 0.6 is 0 Å². The van der Waals surface area contributed by atoms with Gasteiger partial charge in [-0.05, 0) is 18.6 Å². The van der Waals surface area contributed by atoms with E-state index in [2.05, 4.69) is 0 Å². The monoisotopic (exact) mass is 279 g/mol. The van der Waals surface area contributed by atoms with Gasteiger partial charge in [-0.15, -0.1) is 0 Å². The van der Waals surface area contributed by atoms with E-state index in [9.17, 15) is 14.4 Å². The predicted octanol–water partition coefficient (Wildman–Crippen LogP) is 1.49. The van der Waals surface area contributed by atoms with Gasteiger partial charge in [0, 0.05) is 18.9 Å². The molecule has 0 aromatic heterocycles. The molecule has 5 nitrogen and oxygen atoms in total. The predicted molar refractivity (Wildman–Crippen MR) is 74.9 cm³/mol. The molecule has 0 spiro atoms. The highest BCUT2D eigenvalue weighted by Gasteiger charge is 2.19. The minimum Gasteiger partial charge on any atom is -0.351 e. The quantitative estimate of drug-likeness (QED) is 0.631. The Kier molecular flexibility index (Phi) is 6.87. The number of nitrogens with zero attached hydrogens (tertiary/aromatic N) is 1. The topological polar surface area (TPSA) is 63.7 Å². The normalized spacial score (nSPS) is 17.3. The van der Waals surface area contributed by atoms with E-state index >= 15 is 0 Å². The van der Waals surface area contributed by atoms with Crippen LogP contribution < -0.4 is 0 Å². The van der Waals surface area contributed by atoms with Crippen LogP contribution in [0.3, 0.4) is 0 Å². The van der Waals surface area contributed by atoms with E-state index in [1.165, 1.54) is 17.1 Å². The van der Waals surface area contributed by atoms with E-state index in [1.54, 1.807) is 19.1 Å². The molecule has 5 heteroatoms. The lowest BCUT2D eigenvalue weighted by molar-refractivity contribution is -0.126. The first-order valence-electron chi connectivity index (χ1n) is 6.79. The summed E-state index contributed by atoms with van der Waals surface area (Å²) in [4.78, 5) is 35.7. The van der Waals surface area contributed by atoms with Crippen LogP contribution in [0.15, 0.2) is 24.3 Å². The third-order valence-electron chi connectivity index (χ3n) is 3.06. The number of ketones is 2. The first-order chi connectivity index (χ1) is 9.54. The molecule has 0 aliphatic carbocycles. The summed E-state index contributed by atoms with van der Waals surface area (Å²) < 4.78 is 4.98. The van der Waals surface area contributed by atoms with Crippen molar-refractivity contribution in [2.45, 2.75) is 26.7 Å². The molecule has 110 valence electrons. The Morgan fingerprint density at radius 1 is 1.35 bits per heavy atom. The fraction of sp³-hybridized carbons (Fsp3) is 0.533. The second kappa shape index (κ2) is 8.43. The van der Waals surface area contributed by atoms with Crippen molar-refractivity contribution in [1.82, 2.24) is 4.90 Å². The summed E-state index contributed by atoms with van der Waals surface area (Å²) >= 11 is 0. The largest absolute Gasteiger partial charge is 0.351 e. The summed E-state index contributed by atoms with van der Waals surface area (Å²) in [6.45, 7) is 4.41. The molecule has 0 bridgehead atoms. The summed E-state index contributed by atoms with van der Waals surface area (Å²) in [6.07, 6.45) is 7.44. The van der Waals surface area contributed by atoms with Gasteiger partial charge in [0.05, 0.1) is 0 Å². The minimum atomic E-state index is -0.169. The number of rotatable bonds is 8. The molecule has 0 N–H and O–H groups in total. The van der Waals surface area contributed by atoms with Crippen molar-refractivity contribution in [2.75, 3.05) is 19.9 Å². The SMILES string of the molecule is CCC(=O)/C=C/CC(C)C(=O)/C=C/CN1COCC1=O. The number of ether oxygens (including phenoxy) is 1. The molecule has 1 amide bonds. The summed E-state index contributed by atoms with van der Waals surface area (Å²) in [5, 5.41) is 0. The van der Waals surface area contributed by atoms with Crippen LogP contribution in [0.25, 0.3) is 0 Å². The molecule has 1 heterocycles. The molecular weight excluding hydrogens is 258 g/mol. The molecule has 0 aromatic rings. The zero-order chi connectivity index (χ0) is 15.0. The molecule has 0 radical (unpaired) electrons. The molecule has 0 aromatic carbocycles. The first-order valence-corrected chi connectivity index (χ1v) is 6.79. The number of amides is 1. The van der Waals surface area contributed by atoms with Gasteiger partial charge in [0.2, 0.25) is 0 Å². The van der Waals surface area contributed by atoms with Crippen molar-refractivity contribution in [3.05, 3.63) is 24.3 Å². The van der Waals surface area contributed by atoms with Crippen LogP contribution in [-0.4, -0.2) is 42.3 Å². The molecule has 1 fully saturated rings. The Hall–Kier alpha value is -1.75. The maximum absolute atomic E-state index is 11.8. The molecule has 20 heavy (non-hydrogen) atoms. The second-order valence-corrected chi connectivity index (χ2v) is 4.76. The number of allylic oxidation sites excluding steroid dienone is 3. The summed E-state index contributed by atoms with van der Waals surface area (Å²) in [5.41, 5.74) is 0. The van der Waals surface area contributed by atoms with Gasteiger partial charge in [0.25, 0.3) is 5.91 Å². The maximum Gasteiger partial charge on any atom is 0.250 e. The van der Waals surface area contributed by atoms with Crippen molar-refractivity contribution in [3.8, 4) is 0 Å². The molecule has 1 aliphatic rings. The molecule has 1 saturated heterocycles. The Bertz CT molecular complexity index is 426. The molecule has 1 aliphatic heterocycles. The van der Waals surface area contributed by atoms with Crippen molar-refractivity contribution in [3.63, 3.8) is 0 Å². The Morgan fingerprint density at radius 3 is 2.70 bits per heavy atom. The van der Waals surface area contributed by atoms with Crippen LogP contribution in [0.4, 0.5) is 0 Å². The molecule has 1 unspecified atom stereocenters. The summed E-state index contributed by atoms with van der Waals surface area (Å²) in [7, 11) is 0. The van der Waals surface area contributed by atoms with Crippen LogP contribution in [-0.2, 0) is 19.1 Å². The van der Waals surface area contributed by atoms with Gasteiger partial charge in [-0.1, -0.05) is 26.0 Å². The summed E-state index contributed by atoms with van der Waals surface area (Å²) in [5.74, 6) is -0.173. The molecule has 0 saturated carbocycles. The summed E-state index contributed by atoms with van der Waals surface area (Å²) in [6, 6.07) is 0. The van der Waals surface area contributed by atoms with Crippen LogP contribution in [0.5, 0.6) is 0 Å². The fourth-order valence-corrected chi connectivity index (χ4v) is 1.66. The third kappa shape index (κ3) is 5.48. The minimum absolute atomic E-state index is 0.00818. The Labute approximate surface area is 119 Å². The van der Waals surface area contributed by atoms with Gasteiger partial charge >= 0.3 is 0 Å². The van der Waals surface area contributed by atoms with Gasteiger partial charge in [0.15, 0.2) is 11.6 Å². The molecular formula is C15H21NO4. The van der Waals surface area contributed by atoms with E-state index in [0.717, 1.165) is 0 Å². The fourth-order valence-electron chi connectivity index (χ4n) is 1.66. The Morgan fingerprint density at radius 2 is 2.10 bits per heavy atom. The van der Waals surface area contributed by atoms with Gasteiger partial charge in [0.1, 0.15) is 13.3 Å². The standard InChI is InChI=1S/C15H21NO4/c1-3-13(17)7-4-6-12(2)14(18)8-5-9-16-11-20-10-15(16)19/h4-5,7-8,12H,3,6,9-11H2,1-2H3/b7-4+,8-5+. The van der Waals surface area contributed by atoms with Crippen molar-refractivity contribution in [1.29, 1.82) is 0 Å². The van der Waals surface area contributed by atoms with Gasteiger partial charge < -0.3 is 9.64 Å². The Balaban J connectivity index is 2.32. The molecule has 1 rings (SSSR count). The van der Waals surface area contributed by atoms with E-state index in [1.807, 2.05) is 6.92 Å². The maximum atomic E-state index is 11.8. The van der Waals surface area contributed by atoms with Crippen molar-refractivity contribution < 1.29 is 19.1 Å². The van der Waals surface area contributed by atoms with Gasteiger partial charge in [-0.3, -0.25) is 14.4 Å². The van der Waals surface area contributed by atoms with E-state index < -0.39 is 0 Å². The second-order valence-electron chi connectivity index (χ2n) is 4.76. The highest BCUT2D eigenvalue weighted by Crippen LogP contribution is 2.07. The lowest BCUT2D eigenvalue weighted by Crippen LogP contribution is -2.25. The third-order valence-corrected chi connectivity index (χ3v) is 3.06. The van der Waals surface area contributed by atoms with Crippen LogP contribution in [0.2, 0.25) is 0 Å². The van der Waals surface area contributed by atoms with E-state index in [4.69, 9.17) is 4.74 Å². The zero-order valence-corrected chi connectivity index (χ0v) is 12.0. The van der Waals surface area contributed by atoms with Crippen molar-refractivity contribution in [2.24, 2.45) is 5.92 Å². The number of hydrogen-bond donors (Lipinski definition) is 0. The van der Waals surface area contributed by atoms with Crippen LogP contribution in [0, 0.1) is 5.92 Å². The lowest BCUT2D eigenvalue weighted by Gasteiger charge is -2.10. The average Bonchev–Trinajstić information content (AvgIpc) is 2.83. The lowest BCUT2D eigenvalue weighted by atomic mass is 10.0. The number of carbonyl (C=O) groups excluding carboxylic acids is 3. The zero-order valence-electron chi connectivity index (χ0n) is 12.0. The van der Waals surface area contributed by atoms with Gasteiger partial charge in [-0.2, -0.15) is 0 Å². The highest BCUT2D eigenvalue weighted by atomic mass is 16.5. The number of carbonyl (C=O) groups is 3. The highest BCUT2D eigenvalue weighted by molar-refractivity contribution is 5.92. The van der Waals surface area contributed by atoms with E-state index in [0.29, 0.717) is 19.4 Å². The molecule has 1 atom stereocenters. The van der Waals surface area contributed by atoms with Crippen molar-refractivity contribution >= 4 is 17.5 Å². The van der Waals surface area contributed by atoms with E-state index in [-0.39, 0.29) is 36.7 Å². The van der Waals surface area contributed by atoms with Crippen LogP contribution in [0.1, 0.15) is 26.7 Å². The smallest absolute Gasteiger partial charge is 0.250 e. The average molecular weight is 279 g/mol. The first kappa shape index (κ1) is 16.3. The van der Waals surface area contributed by atoms with Gasteiger partial charge in [-0.25, -0.2) is 0 Å².